The van der Waals surface area contributed by atoms with Crippen LogP contribution >= 0.6 is 11.8 Å². The van der Waals surface area contributed by atoms with Crippen LogP contribution in [0.25, 0.3) is 0 Å². The maximum absolute atomic E-state index is 13.1. The molecule has 1 atom stereocenters. The molecule has 33 heavy (non-hydrogen) atoms. The van der Waals surface area contributed by atoms with Gasteiger partial charge in [-0.25, -0.2) is 9.88 Å². The highest BCUT2D eigenvalue weighted by molar-refractivity contribution is 8.00. The van der Waals surface area contributed by atoms with E-state index in [1.165, 1.54) is 16.7 Å². The second kappa shape index (κ2) is 9.47. The second-order valence-corrected chi connectivity index (χ2v) is 8.92. The van der Waals surface area contributed by atoms with E-state index in [4.69, 9.17) is 4.74 Å². The van der Waals surface area contributed by atoms with Crippen molar-refractivity contribution in [1.29, 1.82) is 5.26 Å². The fourth-order valence-electron chi connectivity index (χ4n) is 3.99. The molecular weight excluding hydrogens is 434 g/mol. The minimum atomic E-state index is -0.622. The molecular formula is C26H23N3O3S. The Balaban J connectivity index is 1.53. The molecule has 0 radical (unpaired) electrons. The monoisotopic (exact) mass is 457 g/mol. The molecule has 1 aliphatic heterocycles. The van der Waals surface area contributed by atoms with Crippen LogP contribution < -0.4 is 9.64 Å². The summed E-state index contributed by atoms with van der Waals surface area (Å²) >= 11 is 1.19. The van der Waals surface area contributed by atoms with Gasteiger partial charge in [-0.05, 0) is 67.8 Å². The van der Waals surface area contributed by atoms with Gasteiger partial charge in [0.1, 0.15) is 22.6 Å². The summed E-state index contributed by atoms with van der Waals surface area (Å²) in [4.78, 5) is 31.7. The van der Waals surface area contributed by atoms with Crippen molar-refractivity contribution in [3.63, 3.8) is 0 Å². The van der Waals surface area contributed by atoms with E-state index in [0.29, 0.717) is 27.8 Å². The molecule has 1 aromatic heterocycles. The Kier molecular flexibility index (Phi) is 6.47. The molecule has 1 fully saturated rings. The summed E-state index contributed by atoms with van der Waals surface area (Å²) < 4.78 is 5.79. The lowest BCUT2D eigenvalue weighted by molar-refractivity contribution is -0.121. The highest BCUT2D eigenvalue weighted by Crippen LogP contribution is 2.37. The predicted molar refractivity (Wildman–Crippen MR) is 128 cm³/mol. The molecule has 1 unspecified atom stereocenters. The number of carbonyl (C=O) groups is 2. The first-order valence-electron chi connectivity index (χ1n) is 10.7. The maximum atomic E-state index is 13.1. The summed E-state index contributed by atoms with van der Waals surface area (Å²) in [6.07, 6.45) is 0.842. The average Bonchev–Trinajstić information content (AvgIpc) is 3.08. The molecule has 7 heteroatoms. The number of benzene rings is 2. The number of hydrogen-bond donors (Lipinski definition) is 0. The number of ether oxygens (including phenoxy) is 1. The van der Waals surface area contributed by atoms with Crippen molar-refractivity contribution < 1.29 is 14.3 Å². The lowest BCUT2D eigenvalue weighted by atomic mass is 10.0. The van der Waals surface area contributed by atoms with Gasteiger partial charge in [0.05, 0.1) is 16.5 Å². The number of pyridine rings is 1. The minimum Gasteiger partial charge on any atom is -0.457 e. The van der Waals surface area contributed by atoms with Crippen LogP contribution in [0.1, 0.15) is 35.7 Å². The van der Waals surface area contributed by atoms with Crippen molar-refractivity contribution in [3.05, 3.63) is 77.0 Å². The van der Waals surface area contributed by atoms with E-state index in [-0.39, 0.29) is 18.2 Å². The molecule has 166 valence electrons. The number of nitriles is 1. The van der Waals surface area contributed by atoms with Crippen molar-refractivity contribution in [1.82, 2.24) is 4.98 Å². The zero-order chi connectivity index (χ0) is 23.5. The second-order valence-electron chi connectivity index (χ2n) is 7.73. The highest BCUT2D eigenvalue weighted by Gasteiger charge is 2.41. The number of nitrogens with zero attached hydrogens (tertiary/aromatic N) is 3. The van der Waals surface area contributed by atoms with Gasteiger partial charge in [0.15, 0.2) is 0 Å². The van der Waals surface area contributed by atoms with Crippen LogP contribution in [-0.2, 0) is 16.0 Å². The molecule has 0 N–H and O–H groups in total. The molecule has 6 nitrogen and oxygen atoms in total. The number of thioether (sulfide) groups is 1. The first-order valence-corrected chi connectivity index (χ1v) is 11.6. The van der Waals surface area contributed by atoms with Crippen LogP contribution in [0, 0.1) is 25.2 Å². The molecule has 4 rings (SSSR count). The lowest BCUT2D eigenvalue weighted by Gasteiger charge is -2.17. The summed E-state index contributed by atoms with van der Waals surface area (Å²) in [6, 6.07) is 18.5. The zero-order valence-electron chi connectivity index (χ0n) is 18.7. The Bertz CT molecular complexity index is 1250. The van der Waals surface area contributed by atoms with Gasteiger partial charge in [0.25, 0.3) is 0 Å². The maximum Gasteiger partial charge on any atom is 0.247 e. The number of aryl methyl sites for hydroxylation is 1. The lowest BCUT2D eigenvalue weighted by Crippen LogP contribution is -2.31. The van der Waals surface area contributed by atoms with Crippen LogP contribution in [-0.4, -0.2) is 22.0 Å². The number of amides is 2. The molecule has 2 aromatic carbocycles. The van der Waals surface area contributed by atoms with E-state index in [1.807, 2.05) is 51.1 Å². The molecule has 1 saturated heterocycles. The van der Waals surface area contributed by atoms with E-state index >= 15 is 0 Å². The highest BCUT2D eigenvalue weighted by atomic mass is 32.2. The van der Waals surface area contributed by atoms with Crippen LogP contribution in [0.4, 0.5) is 5.69 Å². The summed E-state index contributed by atoms with van der Waals surface area (Å²) in [5.74, 6) is 0.740. The third-order valence-electron chi connectivity index (χ3n) is 5.65. The Labute approximate surface area is 197 Å². The van der Waals surface area contributed by atoms with Crippen LogP contribution in [0.3, 0.4) is 0 Å². The number of aromatic nitrogens is 1. The third kappa shape index (κ3) is 4.48. The molecule has 3 aromatic rings. The van der Waals surface area contributed by atoms with Gasteiger partial charge in [-0.15, -0.1) is 0 Å². The van der Waals surface area contributed by atoms with E-state index in [9.17, 15) is 14.9 Å². The SMILES string of the molecule is CCc1c(C)nc(SC2CC(=O)N(c3ccc(Oc4ccccc4)cc3)C2=O)c(C#N)c1C. The fourth-order valence-corrected chi connectivity index (χ4v) is 5.19. The summed E-state index contributed by atoms with van der Waals surface area (Å²) in [5.41, 5.74) is 3.75. The minimum absolute atomic E-state index is 0.0614. The summed E-state index contributed by atoms with van der Waals surface area (Å²) in [7, 11) is 0. The van der Waals surface area contributed by atoms with Gasteiger partial charge in [0, 0.05) is 12.1 Å². The number of carbonyl (C=O) groups excluding carboxylic acids is 2. The normalized spacial score (nSPS) is 15.6. The molecule has 2 amide bonds. The fraction of sp³-hybridized carbons (Fsp3) is 0.231. The van der Waals surface area contributed by atoms with Crippen molar-refractivity contribution in [2.24, 2.45) is 0 Å². The van der Waals surface area contributed by atoms with Crippen molar-refractivity contribution in [2.45, 2.75) is 43.9 Å². The van der Waals surface area contributed by atoms with Gasteiger partial charge in [-0.1, -0.05) is 36.9 Å². The molecule has 0 aliphatic carbocycles. The average molecular weight is 458 g/mol. The van der Waals surface area contributed by atoms with Gasteiger partial charge < -0.3 is 4.74 Å². The van der Waals surface area contributed by atoms with Crippen molar-refractivity contribution >= 4 is 29.3 Å². The Morgan fingerprint density at radius 2 is 1.76 bits per heavy atom. The standard InChI is InChI=1S/C26H23N3O3S/c1-4-21-16(2)22(15-27)25(28-17(21)3)33-23-14-24(30)29(26(23)31)18-10-12-20(13-11-18)32-19-8-6-5-7-9-19/h5-13,23H,4,14H2,1-3H3. The quantitative estimate of drug-likeness (QED) is 0.464. The predicted octanol–water partition coefficient (Wildman–Crippen LogP) is 5.35. The first kappa shape index (κ1) is 22.6. The molecule has 0 spiro atoms. The van der Waals surface area contributed by atoms with Crippen molar-refractivity contribution in [2.75, 3.05) is 4.90 Å². The number of para-hydroxylation sites is 1. The van der Waals surface area contributed by atoms with Gasteiger partial charge in [-0.2, -0.15) is 5.26 Å². The smallest absolute Gasteiger partial charge is 0.247 e. The van der Waals surface area contributed by atoms with E-state index < -0.39 is 5.25 Å². The zero-order valence-corrected chi connectivity index (χ0v) is 19.5. The van der Waals surface area contributed by atoms with Crippen LogP contribution in [0.5, 0.6) is 11.5 Å². The van der Waals surface area contributed by atoms with E-state index in [1.54, 1.807) is 24.3 Å². The molecule has 0 bridgehead atoms. The first-order chi connectivity index (χ1) is 15.9. The van der Waals surface area contributed by atoms with Crippen LogP contribution in [0.2, 0.25) is 0 Å². The molecule has 1 aliphatic rings. The summed E-state index contributed by atoms with van der Waals surface area (Å²) in [6.45, 7) is 5.84. The number of hydrogen-bond acceptors (Lipinski definition) is 6. The Morgan fingerprint density at radius 3 is 2.39 bits per heavy atom. The third-order valence-corrected chi connectivity index (χ3v) is 6.82. The number of imide groups is 1. The Hall–Kier alpha value is -3.63. The van der Waals surface area contributed by atoms with Gasteiger partial charge >= 0.3 is 0 Å². The van der Waals surface area contributed by atoms with E-state index in [2.05, 4.69) is 11.1 Å². The summed E-state index contributed by atoms with van der Waals surface area (Å²) in [5, 5.41) is 9.57. The van der Waals surface area contributed by atoms with Crippen LogP contribution in [0.15, 0.2) is 59.6 Å². The molecule has 0 saturated carbocycles. The Morgan fingerprint density at radius 1 is 1.09 bits per heavy atom. The van der Waals surface area contributed by atoms with Crippen molar-refractivity contribution in [3.8, 4) is 17.6 Å². The van der Waals surface area contributed by atoms with Gasteiger partial charge in [-0.3, -0.25) is 9.59 Å². The topological polar surface area (TPSA) is 83.3 Å². The largest absolute Gasteiger partial charge is 0.457 e. The van der Waals surface area contributed by atoms with Gasteiger partial charge in [0.2, 0.25) is 11.8 Å². The van der Waals surface area contributed by atoms with E-state index in [0.717, 1.165) is 23.2 Å². The molecule has 2 heterocycles. The number of rotatable bonds is 6. The number of anilines is 1.